The van der Waals surface area contributed by atoms with Crippen LogP contribution in [0.25, 0.3) is 10.8 Å². The average molecular weight is 259 g/mol. The van der Waals surface area contributed by atoms with Gasteiger partial charge in [-0.3, -0.25) is 4.98 Å². The summed E-state index contributed by atoms with van der Waals surface area (Å²) < 4.78 is 0. The third-order valence-corrected chi connectivity index (χ3v) is 3.25. The van der Waals surface area contributed by atoms with Crippen LogP contribution in [0.4, 0.5) is 5.69 Å². The van der Waals surface area contributed by atoms with Crippen molar-refractivity contribution in [1.29, 1.82) is 5.26 Å². The Balaban J connectivity index is 1.81. The van der Waals surface area contributed by atoms with Crippen LogP contribution in [0.15, 0.2) is 60.9 Å². The molecule has 96 valence electrons. The molecular weight excluding hydrogens is 246 g/mol. The van der Waals surface area contributed by atoms with Gasteiger partial charge < -0.3 is 5.32 Å². The molecule has 0 atom stereocenters. The first kappa shape index (κ1) is 12.2. The number of benzene rings is 2. The summed E-state index contributed by atoms with van der Waals surface area (Å²) in [5.41, 5.74) is 2.83. The Bertz CT molecular complexity index is 765. The minimum absolute atomic E-state index is 0.669. The number of pyridine rings is 1. The van der Waals surface area contributed by atoms with Crippen molar-refractivity contribution >= 4 is 16.5 Å². The molecule has 0 aliphatic rings. The molecule has 0 spiro atoms. The standard InChI is InChI=1S/C17H13N3/c18-9-13-5-7-16(8-6-13)20-12-15-11-19-10-14-3-1-2-4-17(14)15/h1-8,10-11,20H,12H2. The average Bonchev–Trinajstić information content (AvgIpc) is 2.53. The van der Waals surface area contributed by atoms with Gasteiger partial charge in [-0.25, -0.2) is 0 Å². The van der Waals surface area contributed by atoms with Crippen molar-refractivity contribution in [2.75, 3.05) is 5.32 Å². The number of nitriles is 1. The van der Waals surface area contributed by atoms with E-state index in [1.165, 1.54) is 5.39 Å². The molecule has 2 aromatic carbocycles. The molecule has 0 bridgehead atoms. The highest BCUT2D eigenvalue weighted by Crippen LogP contribution is 2.18. The summed E-state index contributed by atoms with van der Waals surface area (Å²) in [6, 6.07) is 17.8. The van der Waals surface area contributed by atoms with Gasteiger partial charge in [-0.2, -0.15) is 5.26 Å². The van der Waals surface area contributed by atoms with Crippen molar-refractivity contribution in [3.8, 4) is 6.07 Å². The van der Waals surface area contributed by atoms with Gasteiger partial charge in [0.05, 0.1) is 11.6 Å². The van der Waals surface area contributed by atoms with Crippen molar-refractivity contribution in [1.82, 2.24) is 4.98 Å². The second kappa shape index (κ2) is 5.41. The molecule has 0 unspecified atom stereocenters. The zero-order valence-corrected chi connectivity index (χ0v) is 10.9. The molecule has 3 rings (SSSR count). The zero-order chi connectivity index (χ0) is 13.8. The molecule has 3 heteroatoms. The van der Waals surface area contributed by atoms with E-state index in [-0.39, 0.29) is 0 Å². The number of hydrogen-bond acceptors (Lipinski definition) is 3. The van der Waals surface area contributed by atoms with E-state index in [0.717, 1.165) is 16.6 Å². The quantitative estimate of drug-likeness (QED) is 0.779. The van der Waals surface area contributed by atoms with Crippen molar-refractivity contribution in [2.24, 2.45) is 0 Å². The van der Waals surface area contributed by atoms with Crippen LogP contribution in [0.2, 0.25) is 0 Å². The SMILES string of the molecule is N#Cc1ccc(NCc2cncc3ccccc23)cc1. The predicted molar refractivity (Wildman–Crippen MR) is 80.2 cm³/mol. The van der Waals surface area contributed by atoms with Crippen molar-refractivity contribution in [2.45, 2.75) is 6.54 Å². The molecule has 0 radical (unpaired) electrons. The monoisotopic (exact) mass is 259 g/mol. The van der Waals surface area contributed by atoms with Crippen LogP contribution in [0.3, 0.4) is 0 Å². The third-order valence-electron chi connectivity index (χ3n) is 3.25. The fourth-order valence-corrected chi connectivity index (χ4v) is 2.18. The minimum atomic E-state index is 0.669. The highest BCUT2D eigenvalue weighted by molar-refractivity contribution is 5.84. The highest BCUT2D eigenvalue weighted by atomic mass is 14.9. The molecule has 0 amide bonds. The van der Waals surface area contributed by atoms with E-state index < -0.39 is 0 Å². The van der Waals surface area contributed by atoms with Crippen LogP contribution >= 0.6 is 0 Å². The highest BCUT2D eigenvalue weighted by Gasteiger charge is 2.01. The molecule has 3 aromatic rings. The Labute approximate surface area is 117 Å². The number of nitrogens with zero attached hydrogens (tertiary/aromatic N) is 2. The second-order valence-electron chi connectivity index (χ2n) is 4.56. The maximum atomic E-state index is 8.78. The Hall–Kier alpha value is -2.86. The van der Waals surface area contributed by atoms with Crippen molar-refractivity contribution in [3.63, 3.8) is 0 Å². The Morgan fingerprint density at radius 3 is 2.60 bits per heavy atom. The van der Waals surface area contributed by atoms with E-state index in [2.05, 4.69) is 28.5 Å². The number of anilines is 1. The second-order valence-corrected chi connectivity index (χ2v) is 4.56. The molecule has 0 aliphatic heterocycles. The molecule has 1 N–H and O–H groups in total. The molecule has 0 saturated carbocycles. The van der Waals surface area contributed by atoms with Gasteiger partial charge in [0.1, 0.15) is 0 Å². The summed E-state index contributed by atoms with van der Waals surface area (Å²) in [5, 5.41) is 14.5. The molecule has 1 heterocycles. The normalized spacial score (nSPS) is 10.2. The van der Waals surface area contributed by atoms with E-state index in [1.54, 1.807) is 0 Å². The Kier molecular flexibility index (Phi) is 3.30. The van der Waals surface area contributed by atoms with Gasteiger partial charge in [-0.05, 0) is 35.2 Å². The smallest absolute Gasteiger partial charge is 0.0991 e. The van der Waals surface area contributed by atoms with Crippen molar-refractivity contribution in [3.05, 3.63) is 72.1 Å². The van der Waals surface area contributed by atoms with E-state index in [9.17, 15) is 0 Å². The summed E-state index contributed by atoms with van der Waals surface area (Å²) in [6.07, 6.45) is 3.76. The molecule has 20 heavy (non-hydrogen) atoms. The van der Waals surface area contributed by atoms with Crippen LogP contribution in [-0.4, -0.2) is 4.98 Å². The van der Waals surface area contributed by atoms with E-state index in [4.69, 9.17) is 5.26 Å². The van der Waals surface area contributed by atoms with E-state index in [1.807, 2.05) is 48.8 Å². The summed E-state index contributed by atoms with van der Waals surface area (Å²) in [5.74, 6) is 0. The van der Waals surface area contributed by atoms with E-state index >= 15 is 0 Å². The number of nitrogens with one attached hydrogen (secondary N) is 1. The number of aromatic nitrogens is 1. The van der Waals surface area contributed by atoms with Gasteiger partial charge in [0.15, 0.2) is 0 Å². The lowest BCUT2D eigenvalue weighted by Crippen LogP contribution is -2.00. The molecule has 0 fully saturated rings. The van der Waals surface area contributed by atoms with Crippen LogP contribution in [0, 0.1) is 11.3 Å². The maximum Gasteiger partial charge on any atom is 0.0991 e. The number of rotatable bonds is 3. The fourth-order valence-electron chi connectivity index (χ4n) is 2.18. The van der Waals surface area contributed by atoms with Gasteiger partial charge in [-0.1, -0.05) is 24.3 Å². The molecular formula is C17H13N3. The predicted octanol–water partition coefficient (Wildman–Crippen LogP) is 3.72. The lowest BCUT2D eigenvalue weighted by atomic mass is 10.1. The summed E-state index contributed by atoms with van der Waals surface area (Å²) in [4.78, 5) is 4.27. The van der Waals surface area contributed by atoms with Crippen LogP contribution in [-0.2, 0) is 6.54 Å². The first-order chi connectivity index (χ1) is 9.86. The largest absolute Gasteiger partial charge is 0.381 e. The van der Waals surface area contributed by atoms with Gasteiger partial charge in [0.25, 0.3) is 0 Å². The minimum Gasteiger partial charge on any atom is -0.381 e. The van der Waals surface area contributed by atoms with E-state index in [0.29, 0.717) is 12.1 Å². The third kappa shape index (κ3) is 2.45. The lowest BCUT2D eigenvalue weighted by Gasteiger charge is -2.09. The first-order valence-corrected chi connectivity index (χ1v) is 6.42. The molecule has 1 aromatic heterocycles. The van der Waals surface area contributed by atoms with Crippen LogP contribution < -0.4 is 5.32 Å². The Morgan fingerprint density at radius 1 is 1.00 bits per heavy atom. The van der Waals surface area contributed by atoms with Gasteiger partial charge >= 0.3 is 0 Å². The summed E-state index contributed by atoms with van der Waals surface area (Å²) >= 11 is 0. The summed E-state index contributed by atoms with van der Waals surface area (Å²) in [6.45, 7) is 0.709. The van der Waals surface area contributed by atoms with Gasteiger partial charge in [0, 0.05) is 30.0 Å². The fraction of sp³-hybridized carbons (Fsp3) is 0.0588. The first-order valence-electron chi connectivity index (χ1n) is 6.42. The molecule has 3 nitrogen and oxygen atoms in total. The number of fused-ring (bicyclic) bond motifs is 1. The zero-order valence-electron chi connectivity index (χ0n) is 10.9. The lowest BCUT2D eigenvalue weighted by molar-refractivity contribution is 1.14. The molecule has 0 aliphatic carbocycles. The van der Waals surface area contributed by atoms with Crippen molar-refractivity contribution < 1.29 is 0 Å². The van der Waals surface area contributed by atoms with Crippen LogP contribution in [0.5, 0.6) is 0 Å². The molecule has 0 saturated heterocycles. The topological polar surface area (TPSA) is 48.7 Å². The van der Waals surface area contributed by atoms with Gasteiger partial charge in [-0.15, -0.1) is 0 Å². The Morgan fingerprint density at radius 2 is 1.80 bits per heavy atom. The summed E-state index contributed by atoms with van der Waals surface area (Å²) in [7, 11) is 0. The van der Waals surface area contributed by atoms with Crippen LogP contribution in [0.1, 0.15) is 11.1 Å². The maximum absolute atomic E-state index is 8.78. The van der Waals surface area contributed by atoms with Gasteiger partial charge in [0.2, 0.25) is 0 Å². The number of hydrogen-bond donors (Lipinski definition) is 1.